The van der Waals surface area contributed by atoms with Crippen LogP contribution in [0.5, 0.6) is 0 Å². The van der Waals surface area contributed by atoms with Gasteiger partial charge in [-0.1, -0.05) is 5.16 Å². The Kier molecular flexibility index (Phi) is 7.01. The van der Waals surface area contributed by atoms with Crippen molar-refractivity contribution in [2.75, 3.05) is 26.5 Å². The second-order valence-corrected chi connectivity index (χ2v) is 7.76. The molecule has 1 rings (SSSR count). The minimum absolute atomic E-state index is 0.148. The van der Waals surface area contributed by atoms with Crippen LogP contribution in [0.2, 0.25) is 0 Å². The van der Waals surface area contributed by atoms with Crippen molar-refractivity contribution in [3.05, 3.63) is 0 Å². The molecule has 0 bridgehead atoms. The van der Waals surface area contributed by atoms with Crippen molar-refractivity contribution in [2.45, 2.75) is 52.7 Å². The largest absolute Gasteiger partial charge is 0.444 e. The van der Waals surface area contributed by atoms with Gasteiger partial charge in [-0.3, -0.25) is 0 Å². The highest BCUT2D eigenvalue weighted by atomic mass is 19.1. The van der Waals surface area contributed by atoms with Crippen LogP contribution in [0, 0.1) is 5.92 Å². The molecule has 1 fully saturated rings. The molecule has 0 aromatic carbocycles. The van der Waals surface area contributed by atoms with Gasteiger partial charge in [0.2, 0.25) is 0 Å². The van der Waals surface area contributed by atoms with E-state index < -0.39 is 30.2 Å². The molecule has 0 aromatic heterocycles. The quantitative estimate of drug-likeness (QED) is 0.778. The highest BCUT2D eigenvalue weighted by molar-refractivity contribution is 5.94. The van der Waals surface area contributed by atoms with Crippen LogP contribution in [0.25, 0.3) is 0 Å². The SMILES string of the molecule is CC(C)(C)OC(=O)NCC1CN(C(=O)OC(C)(C)C)C/C1=N\OCF. The predicted octanol–water partition coefficient (Wildman–Crippen LogP) is 2.68. The van der Waals surface area contributed by atoms with Crippen molar-refractivity contribution >= 4 is 17.9 Å². The van der Waals surface area contributed by atoms with Gasteiger partial charge in [0.05, 0.1) is 12.3 Å². The summed E-state index contributed by atoms with van der Waals surface area (Å²) in [6, 6.07) is 0. The minimum Gasteiger partial charge on any atom is -0.444 e. The van der Waals surface area contributed by atoms with Gasteiger partial charge in [-0.2, -0.15) is 0 Å². The number of hydrogen-bond acceptors (Lipinski definition) is 6. The van der Waals surface area contributed by atoms with Crippen molar-refractivity contribution in [1.82, 2.24) is 10.2 Å². The number of ether oxygens (including phenoxy) is 2. The Bertz CT molecular complexity index is 511. The van der Waals surface area contributed by atoms with Crippen molar-refractivity contribution < 1.29 is 28.3 Å². The van der Waals surface area contributed by atoms with Gasteiger partial charge in [0, 0.05) is 19.0 Å². The Morgan fingerprint density at radius 1 is 1.20 bits per heavy atom. The van der Waals surface area contributed by atoms with E-state index >= 15 is 0 Å². The number of amides is 2. The summed E-state index contributed by atoms with van der Waals surface area (Å²) in [5, 5.41) is 6.33. The van der Waals surface area contributed by atoms with Gasteiger partial charge in [-0.25, -0.2) is 14.0 Å². The van der Waals surface area contributed by atoms with Gasteiger partial charge < -0.3 is 24.5 Å². The number of carbonyl (C=O) groups excluding carboxylic acids is 2. The van der Waals surface area contributed by atoms with Crippen LogP contribution < -0.4 is 5.32 Å². The molecule has 1 saturated heterocycles. The maximum absolute atomic E-state index is 12.2. The fourth-order valence-corrected chi connectivity index (χ4v) is 2.14. The Morgan fingerprint density at radius 3 is 2.32 bits per heavy atom. The van der Waals surface area contributed by atoms with E-state index in [1.165, 1.54) is 4.90 Å². The van der Waals surface area contributed by atoms with E-state index in [1.807, 2.05) is 0 Å². The number of alkyl carbamates (subject to hydrolysis) is 1. The van der Waals surface area contributed by atoms with Crippen LogP contribution in [0.3, 0.4) is 0 Å². The van der Waals surface area contributed by atoms with Crippen molar-refractivity contribution in [3.63, 3.8) is 0 Å². The molecule has 1 N–H and O–H groups in total. The van der Waals surface area contributed by atoms with Crippen LogP contribution in [-0.4, -0.2) is 60.5 Å². The monoisotopic (exact) mass is 361 g/mol. The lowest BCUT2D eigenvalue weighted by Gasteiger charge is -2.24. The molecule has 8 nitrogen and oxygen atoms in total. The maximum atomic E-state index is 12.2. The number of rotatable bonds is 4. The van der Waals surface area contributed by atoms with Gasteiger partial charge in [-0.15, -0.1) is 0 Å². The van der Waals surface area contributed by atoms with Crippen molar-refractivity contribution in [2.24, 2.45) is 11.1 Å². The molecular formula is C16H28FN3O5. The maximum Gasteiger partial charge on any atom is 0.410 e. The summed E-state index contributed by atoms with van der Waals surface area (Å²) in [7, 11) is 0. The Balaban J connectivity index is 2.68. The topological polar surface area (TPSA) is 89.5 Å². The third-order valence-electron chi connectivity index (χ3n) is 3.04. The Labute approximate surface area is 147 Å². The van der Waals surface area contributed by atoms with Gasteiger partial charge in [-0.05, 0) is 41.5 Å². The fraction of sp³-hybridized carbons (Fsp3) is 0.812. The average molecular weight is 361 g/mol. The summed E-state index contributed by atoms with van der Waals surface area (Å²) in [6.07, 6.45) is -1.07. The molecule has 1 unspecified atom stereocenters. The number of oxime groups is 1. The predicted molar refractivity (Wildman–Crippen MR) is 90.0 cm³/mol. The smallest absolute Gasteiger partial charge is 0.410 e. The summed E-state index contributed by atoms with van der Waals surface area (Å²) >= 11 is 0. The van der Waals surface area contributed by atoms with Gasteiger partial charge in [0.15, 0.2) is 0 Å². The van der Waals surface area contributed by atoms with E-state index in [0.717, 1.165) is 0 Å². The first-order chi connectivity index (χ1) is 11.4. The number of carbonyl (C=O) groups is 2. The minimum atomic E-state index is -1.07. The van der Waals surface area contributed by atoms with E-state index in [0.29, 0.717) is 5.71 Å². The summed E-state index contributed by atoms with van der Waals surface area (Å²) in [6.45, 7) is 10.1. The standard InChI is InChI=1S/C16H28FN3O5/c1-15(2,3)24-13(21)18-7-11-8-20(9-12(11)19-23-10-17)14(22)25-16(4,5)6/h11H,7-10H2,1-6H3,(H,18,21)/b19-12+. The van der Waals surface area contributed by atoms with E-state index in [1.54, 1.807) is 41.5 Å². The molecule has 9 heteroatoms. The van der Waals surface area contributed by atoms with Gasteiger partial charge in [0.25, 0.3) is 6.86 Å². The molecule has 1 aliphatic heterocycles. The molecule has 0 spiro atoms. The fourth-order valence-electron chi connectivity index (χ4n) is 2.14. The van der Waals surface area contributed by atoms with E-state index in [2.05, 4.69) is 15.3 Å². The normalized spacial score (nSPS) is 19.7. The van der Waals surface area contributed by atoms with Crippen molar-refractivity contribution in [3.8, 4) is 0 Å². The molecule has 0 aromatic rings. The number of alkyl halides is 1. The van der Waals surface area contributed by atoms with Gasteiger partial charge in [0.1, 0.15) is 11.2 Å². The summed E-state index contributed by atoms with van der Waals surface area (Å²) in [5.41, 5.74) is -0.785. The zero-order valence-corrected chi connectivity index (χ0v) is 15.7. The molecule has 1 heterocycles. The Morgan fingerprint density at radius 2 is 1.80 bits per heavy atom. The molecule has 0 aliphatic carbocycles. The number of nitrogens with one attached hydrogen (secondary N) is 1. The molecule has 0 saturated carbocycles. The second kappa shape index (κ2) is 8.35. The molecule has 144 valence electrons. The molecule has 2 amide bonds. The van der Waals surface area contributed by atoms with Crippen LogP contribution in [0.4, 0.5) is 14.0 Å². The van der Waals surface area contributed by atoms with Crippen LogP contribution in [-0.2, 0) is 14.3 Å². The molecule has 1 aliphatic rings. The first-order valence-electron chi connectivity index (χ1n) is 8.11. The van der Waals surface area contributed by atoms with E-state index in [9.17, 15) is 14.0 Å². The highest BCUT2D eigenvalue weighted by Gasteiger charge is 2.35. The molecule has 0 radical (unpaired) electrons. The number of likely N-dealkylation sites (tertiary alicyclic amines) is 1. The first kappa shape index (κ1) is 21.0. The second-order valence-electron chi connectivity index (χ2n) is 7.76. The summed E-state index contributed by atoms with van der Waals surface area (Å²) < 4.78 is 22.7. The van der Waals surface area contributed by atoms with Crippen LogP contribution >= 0.6 is 0 Å². The van der Waals surface area contributed by atoms with E-state index in [-0.39, 0.29) is 25.6 Å². The van der Waals surface area contributed by atoms with Crippen LogP contribution in [0.1, 0.15) is 41.5 Å². The molecule has 1 atom stereocenters. The lowest BCUT2D eigenvalue weighted by atomic mass is 10.1. The average Bonchev–Trinajstić information content (AvgIpc) is 2.82. The number of hydrogen-bond donors (Lipinski definition) is 1. The lowest BCUT2D eigenvalue weighted by Crippen LogP contribution is -2.38. The third kappa shape index (κ3) is 8.04. The highest BCUT2D eigenvalue weighted by Crippen LogP contribution is 2.18. The molecular weight excluding hydrogens is 333 g/mol. The number of nitrogens with zero attached hydrogens (tertiary/aromatic N) is 2. The zero-order chi connectivity index (χ0) is 19.3. The first-order valence-corrected chi connectivity index (χ1v) is 8.11. The molecule has 25 heavy (non-hydrogen) atoms. The van der Waals surface area contributed by atoms with Crippen molar-refractivity contribution in [1.29, 1.82) is 0 Å². The lowest BCUT2D eigenvalue weighted by molar-refractivity contribution is 0.0291. The third-order valence-corrected chi connectivity index (χ3v) is 3.04. The van der Waals surface area contributed by atoms with Crippen LogP contribution in [0.15, 0.2) is 5.16 Å². The Hall–Kier alpha value is -2.06. The zero-order valence-electron chi connectivity index (χ0n) is 15.7. The number of halogens is 1. The van der Waals surface area contributed by atoms with Gasteiger partial charge >= 0.3 is 12.2 Å². The van der Waals surface area contributed by atoms with E-state index in [4.69, 9.17) is 9.47 Å². The summed E-state index contributed by atoms with van der Waals surface area (Å²) in [5.74, 6) is -0.313. The summed E-state index contributed by atoms with van der Waals surface area (Å²) in [4.78, 5) is 29.8.